The molecule has 0 spiro atoms. The van der Waals surface area contributed by atoms with Crippen LogP contribution >= 0.6 is 0 Å². The maximum Gasteiger partial charge on any atom is 0.241 e. The molecule has 1 N–H and O–H groups in total. The van der Waals surface area contributed by atoms with E-state index < -0.39 is 6.04 Å². The predicted octanol–water partition coefficient (Wildman–Crippen LogP) is 1.85. The quantitative estimate of drug-likeness (QED) is 0.902. The number of benzene rings is 1. The molecule has 0 saturated carbocycles. The van der Waals surface area contributed by atoms with Crippen LogP contribution in [-0.2, 0) is 22.4 Å². The third kappa shape index (κ3) is 3.03. The number of carbonyl (C=O) groups excluding carboxylic acids is 2. The molecule has 2 heterocycles. The first-order valence-electron chi connectivity index (χ1n) is 9.73. The molecule has 4 atom stereocenters. The lowest BCUT2D eigenvalue weighted by Crippen LogP contribution is -2.50. The number of amides is 1. The molecule has 2 saturated heterocycles. The van der Waals surface area contributed by atoms with Crippen molar-refractivity contribution in [1.29, 1.82) is 5.26 Å². The van der Waals surface area contributed by atoms with Crippen molar-refractivity contribution < 1.29 is 9.59 Å². The molecule has 1 unspecified atom stereocenters. The van der Waals surface area contributed by atoms with Crippen molar-refractivity contribution in [2.24, 2.45) is 11.8 Å². The molecule has 0 radical (unpaired) electrons. The Morgan fingerprint density at radius 3 is 2.77 bits per heavy atom. The van der Waals surface area contributed by atoms with Gasteiger partial charge in [-0.3, -0.25) is 9.59 Å². The van der Waals surface area contributed by atoms with E-state index in [1.165, 1.54) is 11.1 Å². The van der Waals surface area contributed by atoms with Crippen LogP contribution in [0, 0.1) is 23.2 Å². The zero-order valence-electron chi connectivity index (χ0n) is 15.0. The van der Waals surface area contributed by atoms with Crippen molar-refractivity contribution >= 4 is 11.7 Å². The van der Waals surface area contributed by atoms with E-state index in [0.717, 1.165) is 38.5 Å². The second-order valence-electron chi connectivity index (χ2n) is 7.76. The van der Waals surface area contributed by atoms with Gasteiger partial charge in [-0.25, -0.2) is 0 Å². The molecule has 0 aromatic heterocycles. The first-order valence-corrected chi connectivity index (χ1v) is 9.73. The molecule has 5 nitrogen and oxygen atoms in total. The molecule has 1 amide bonds. The van der Waals surface area contributed by atoms with E-state index in [2.05, 4.69) is 29.6 Å². The van der Waals surface area contributed by atoms with Crippen LogP contribution in [0.4, 0.5) is 0 Å². The number of nitrogens with one attached hydrogen (secondary N) is 1. The monoisotopic (exact) mass is 351 g/mol. The van der Waals surface area contributed by atoms with E-state index in [0.29, 0.717) is 13.1 Å². The summed E-state index contributed by atoms with van der Waals surface area (Å²) in [6.45, 7) is 1.33. The largest absolute Gasteiger partial charge is 0.325 e. The Morgan fingerprint density at radius 1 is 1.15 bits per heavy atom. The lowest BCUT2D eigenvalue weighted by molar-refractivity contribution is -0.138. The Hall–Kier alpha value is -2.19. The number of hydrogen-bond acceptors (Lipinski definition) is 4. The highest BCUT2D eigenvalue weighted by Crippen LogP contribution is 2.32. The van der Waals surface area contributed by atoms with Crippen LogP contribution in [-0.4, -0.2) is 41.8 Å². The highest BCUT2D eigenvalue weighted by Gasteiger charge is 2.44. The van der Waals surface area contributed by atoms with Crippen LogP contribution in [0.15, 0.2) is 24.3 Å². The first kappa shape index (κ1) is 17.2. The molecule has 0 bridgehead atoms. The van der Waals surface area contributed by atoms with Gasteiger partial charge in [-0.1, -0.05) is 24.3 Å². The van der Waals surface area contributed by atoms with Gasteiger partial charge in [0.05, 0.1) is 12.1 Å². The fraction of sp³-hybridized carbons (Fsp3) is 0.571. The molecule has 2 fully saturated rings. The molecule has 5 heteroatoms. The standard InChI is InChI=1S/C21H25N3O2/c22-13-17-6-3-11-24(17)21(26)19-18(9-10-23-19)20(25)16-8-7-14-4-1-2-5-15(14)12-16/h1-2,4-5,16-19,23H,3,6-12H2/t16-,17+,18?,19-/m1/s1. The van der Waals surface area contributed by atoms with Gasteiger partial charge in [0.2, 0.25) is 5.91 Å². The van der Waals surface area contributed by atoms with Gasteiger partial charge < -0.3 is 10.2 Å². The first-order chi connectivity index (χ1) is 12.7. The number of ketones is 1. The SMILES string of the molecule is N#C[C@@H]1CCCN1C(=O)[C@@H]1NCCC1C(=O)[C@@H]1CCc2ccccc2C1. The van der Waals surface area contributed by atoms with E-state index in [1.54, 1.807) is 4.90 Å². The number of fused-ring (bicyclic) bond motifs is 1. The smallest absolute Gasteiger partial charge is 0.241 e. The molecule has 3 aliphatic rings. The van der Waals surface area contributed by atoms with Crippen molar-refractivity contribution in [3.63, 3.8) is 0 Å². The number of nitrogens with zero attached hydrogens (tertiary/aromatic N) is 2. The van der Waals surface area contributed by atoms with Crippen LogP contribution in [0.2, 0.25) is 0 Å². The third-order valence-electron chi connectivity index (χ3n) is 6.29. The van der Waals surface area contributed by atoms with Gasteiger partial charge >= 0.3 is 0 Å². The molecule has 1 aliphatic carbocycles. The average Bonchev–Trinajstić information content (AvgIpc) is 3.35. The van der Waals surface area contributed by atoms with E-state index in [9.17, 15) is 14.9 Å². The van der Waals surface area contributed by atoms with Crippen molar-refractivity contribution in [3.8, 4) is 6.07 Å². The number of aryl methyl sites for hydroxylation is 1. The Labute approximate surface area is 154 Å². The third-order valence-corrected chi connectivity index (χ3v) is 6.29. The Kier molecular flexibility index (Phi) is 4.78. The lowest BCUT2D eigenvalue weighted by Gasteiger charge is -2.30. The molecular weight excluding hydrogens is 326 g/mol. The number of nitriles is 1. The van der Waals surface area contributed by atoms with Crippen LogP contribution in [0.1, 0.15) is 36.8 Å². The molecule has 1 aromatic rings. The maximum atomic E-state index is 13.2. The molecule has 2 aliphatic heterocycles. The van der Waals surface area contributed by atoms with Crippen LogP contribution < -0.4 is 5.32 Å². The Balaban J connectivity index is 1.47. The predicted molar refractivity (Wildman–Crippen MR) is 97.2 cm³/mol. The summed E-state index contributed by atoms with van der Waals surface area (Å²) in [5, 5.41) is 12.5. The molecular formula is C21H25N3O2. The lowest BCUT2D eigenvalue weighted by atomic mass is 9.77. The van der Waals surface area contributed by atoms with Gasteiger partial charge in [0.15, 0.2) is 0 Å². The summed E-state index contributed by atoms with van der Waals surface area (Å²) >= 11 is 0. The summed E-state index contributed by atoms with van der Waals surface area (Å²) in [5.74, 6) is -0.0650. The Morgan fingerprint density at radius 2 is 1.96 bits per heavy atom. The molecule has 4 rings (SSSR count). The van der Waals surface area contributed by atoms with E-state index in [-0.39, 0.29) is 29.6 Å². The van der Waals surface area contributed by atoms with E-state index >= 15 is 0 Å². The van der Waals surface area contributed by atoms with Gasteiger partial charge in [0.1, 0.15) is 11.8 Å². The normalized spacial score (nSPS) is 30.7. The zero-order chi connectivity index (χ0) is 18.1. The number of hydrogen-bond donors (Lipinski definition) is 1. The second kappa shape index (κ2) is 7.20. The number of rotatable bonds is 3. The average molecular weight is 351 g/mol. The van der Waals surface area contributed by atoms with E-state index in [1.807, 2.05) is 6.07 Å². The molecule has 136 valence electrons. The second-order valence-corrected chi connectivity index (χ2v) is 7.76. The van der Waals surface area contributed by atoms with Crippen LogP contribution in [0.3, 0.4) is 0 Å². The van der Waals surface area contributed by atoms with Crippen molar-refractivity contribution in [2.75, 3.05) is 13.1 Å². The van der Waals surface area contributed by atoms with Crippen molar-refractivity contribution in [1.82, 2.24) is 10.2 Å². The summed E-state index contributed by atoms with van der Waals surface area (Å²) in [6.07, 6.45) is 4.93. The summed E-state index contributed by atoms with van der Waals surface area (Å²) in [7, 11) is 0. The minimum absolute atomic E-state index is 0.00967. The van der Waals surface area contributed by atoms with Gasteiger partial charge in [0.25, 0.3) is 0 Å². The van der Waals surface area contributed by atoms with Gasteiger partial charge in [-0.05, 0) is 56.2 Å². The summed E-state index contributed by atoms with van der Waals surface area (Å²) in [5.41, 5.74) is 2.62. The minimum atomic E-state index is -0.450. The fourth-order valence-corrected chi connectivity index (χ4v) is 4.86. The topological polar surface area (TPSA) is 73.2 Å². The highest BCUT2D eigenvalue weighted by atomic mass is 16.2. The summed E-state index contributed by atoms with van der Waals surface area (Å²) in [6, 6.07) is 9.80. The van der Waals surface area contributed by atoms with Crippen molar-refractivity contribution in [2.45, 2.75) is 50.6 Å². The summed E-state index contributed by atoms with van der Waals surface area (Å²) < 4.78 is 0. The number of Topliss-reactive ketones (excluding diaryl/α,β-unsaturated/α-hetero) is 1. The van der Waals surface area contributed by atoms with Crippen molar-refractivity contribution in [3.05, 3.63) is 35.4 Å². The zero-order valence-corrected chi connectivity index (χ0v) is 15.0. The van der Waals surface area contributed by atoms with Gasteiger partial charge in [-0.15, -0.1) is 0 Å². The van der Waals surface area contributed by atoms with Crippen LogP contribution in [0.5, 0.6) is 0 Å². The maximum absolute atomic E-state index is 13.2. The molecule has 1 aromatic carbocycles. The summed E-state index contributed by atoms with van der Waals surface area (Å²) in [4.78, 5) is 27.9. The minimum Gasteiger partial charge on any atom is -0.325 e. The Bertz CT molecular complexity index is 754. The molecule has 26 heavy (non-hydrogen) atoms. The van der Waals surface area contributed by atoms with Crippen LogP contribution in [0.25, 0.3) is 0 Å². The highest BCUT2D eigenvalue weighted by molar-refractivity contribution is 5.93. The van der Waals surface area contributed by atoms with Gasteiger partial charge in [-0.2, -0.15) is 5.26 Å². The number of carbonyl (C=O) groups is 2. The van der Waals surface area contributed by atoms with Gasteiger partial charge in [0, 0.05) is 18.4 Å². The van der Waals surface area contributed by atoms with E-state index in [4.69, 9.17) is 0 Å². The number of likely N-dealkylation sites (tertiary alicyclic amines) is 1. The fourth-order valence-electron chi connectivity index (χ4n) is 4.86.